The number of amides is 1. The minimum absolute atomic E-state index is 0.0933. The molecular formula is C19H18N6O5S. The van der Waals surface area contributed by atoms with E-state index in [9.17, 15) is 19.2 Å². The Kier molecular flexibility index (Phi) is 5.15. The number of carbonyl (C=O) groups excluding carboxylic acids is 2. The van der Waals surface area contributed by atoms with Crippen molar-refractivity contribution < 1.29 is 14.3 Å². The fraction of sp³-hybridized carbons (Fsp3) is 0.263. The highest BCUT2D eigenvalue weighted by Gasteiger charge is 2.17. The van der Waals surface area contributed by atoms with Crippen molar-refractivity contribution in [1.29, 1.82) is 0 Å². The van der Waals surface area contributed by atoms with Crippen molar-refractivity contribution >= 4 is 49.7 Å². The molecular weight excluding hydrogens is 424 g/mol. The monoisotopic (exact) mass is 442 g/mol. The third-order valence-electron chi connectivity index (χ3n) is 4.67. The number of imidazole rings is 1. The number of rotatable bonds is 5. The second kappa shape index (κ2) is 7.80. The number of aromatic nitrogens is 5. The first kappa shape index (κ1) is 20.5. The van der Waals surface area contributed by atoms with Crippen molar-refractivity contribution in [2.45, 2.75) is 13.5 Å². The Hall–Kier alpha value is -3.80. The molecule has 0 radical (unpaired) electrons. The van der Waals surface area contributed by atoms with Crippen LogP contribution in [0.4, 0.5) is 5.13 Å². The summed E-state index contributed by atoms with van der Waals surface area (Å²) in [5, 5.41) is 3.01. The zero-order valence-electron chi connectivity index (χ0n) is 16.9. The molecule has 1 amide bonds. The van der Waals surface area contributed by atoms with Gasteiger partial charge in [0.15, 0.2) is 22.9 Å². The molecule has 11 nitrogen and oxygen atoms in total. The van der Waals surface area contributed by atoms with Crippen LogP contribution in [-0.4, -0.2) is 42.2 Å². The Labute approximate surface area is 178 Å². The lowest BCUT2D eigenvalue weighted by Crippen LogP contribution is -2.37. The summed E-state index contributed by atoms with van der Waals surface area (Å²) in [5.41, 5.74) is 1.01. The molecule has 4 aromatic rings. The van der Waals surface area contributed by atoms with E-state index >= 15 is 0 Å². The Morgan fingerprint density at radius 1 is 1.19 bits per heavy atom. The number of carbonyl (C=O) groups is 2. The van der Waals surface area contributed by atoms with Crippen LogP contribution in [0.15, 0.2) is 34.1 Å². The molecule has 0 fully saturated rings. The summed E-state index contributed by atoms with van der Waals surface area (Å²) >= 11 is 1.32. The normalized spacial score (nSPS) is 11.2. The molecule has 1 aromatic carbocycles. The molecule has 0 saturated carbocycles. The number of benzene rings is 1. The zero-order chi connectivity index (χ0) is 22.3. The highest BCUT2D eigenvalue weighted by molar-refractivity contribution is 7.22. The first-order valence-electron chi connectivity index (χ1n) is 9.18. The number of hydrogen-bond acceptors (Lipinski definition) is 8. The van der Waals surface area contributed by atoms with E-state index in [0.29, 0.717) is 5.13 Å². The largest absolute Gasteiger partial charge is 0.454 e. The van der Waals surface area contributed by atoms with Crippen LogP contribution < -0.4 is 16.6 Å². The van der Waals surface area contributed by atoms with Gasteiger partial charge in [0, 0.05) is 14.1 Å². The van der Waals surface area contributed by atoms with Gasteiger partial charge in [-0.05, 0) is 24.6 Å². The molecule has 160 valence electrons. The summed E-state index contributed by atoms with van der Waals surface area (Å²) < 4.78 is 9.38. The third kappa shape index (κ3) is 3.84. The predicted octanol–water partition coefficient (Wildman–Crippen LogP) is 0.534. The van der Waals surface area contributed by atoms with Crippen LogP contribution in [0.5, 0.6) is 0 Å². The molecule has 0 aliphatic heterocycles. The number of nitrogens with zero attached hydrogens (tertiary/aromatic N) is 5. The van der Waals surface area contributed by atoms with E-state index in [-0.39, 0.29) is 17.7 Å². The van der Waals surface area contributed by atoms with Crippen LogP contribution in [0.1, 0.15) is 5.56 Å². The van der Waals surface area contributed by atoms with Gasteiger partial charge in [0.2, 0.25) is 0 Å². The third-order valence-corrected chi connectivity index (χ3v) is 5.60. The second-order valence-corrected chi connectivity index (χ2v) is 7.98. The van der Waals surface area contributed by atoms with E-state index < -0.39 is 29.7 Å². The first-order chi connectivity index (χ1) is 14.7. The Morgan fingerprint density at radius 3 is 2.74 bits per heavy atom. The van der Waals surface area contributed by atoms with E-state index in [4.69, 9.17) is 4.74 Å². The molecule has 3 aromatic heterocycles. The summed E-state index contributed by atoms with van der Waals surface area (Å²) in [6.07, 6.45) is 1.27. The smallest absolute Gasteiger partial charge is 0.332 e. The van der Waals surface area contributed by atoms with Gasteiger partial charge in [0.25, 0.3) is 11.5 Å². The Balaban J connectivity index is 1.41. The molecule has 0 saturated heterocycles. The van der Waals surface area contributed by atoms with Gasteiger partial charge < -0.3 is 9.30 Å². The van der Waals surface area contributed by atoms with Gasteiger partial charge in [-0.3, -0.25) is 28.8 Å². The number of aryl methyl sites for hydroxylation is 2. The van der Waals surface area contributed by atoms with Crippen LogP contribution in [0.25, 0.3) is 21.4 Å². The topological polar surface area (TPSA) is 130 Å². The van der Waals surface area contributed by atoms with Crippen molar-refractivity contribution in [2.24, 2.45) is 14.1 Å². The lowest BCUT2D eigenvalue weighted by Gasteiger charge is -2.07. The van der Waals surface area contributed by atoms with Crippen LogP contribution in [-0.2, 0) is 35.0 Å². The minimum atomic E-state index is -0.731. The van der Waals surface area contributed by atoms with E-state index in [1.807, 2.05) is 25.1 Å². The summed E-state index contributed by atoms with van der Waals surface area (Å²) in [7, 11) is 2.82. The molecule has 31 heavy (non-hydrogen) atoms. The van der Waals surface area contributed by atoms with Crippen molar-refractivity contribution in [2.75, 3.05) is 11.9 Å². The maximum Gasteiger partial charge on any atom is 0.332 e. The van der Waals surface area contributed by atoms with E-state index in [1.54, 1.807) is 0 Å². The second-order valence-electron chi connectivity index (χ2n) is 6.95. The number of thiazole rings is 1. The molecule has 4 rings (SSSR count). The SMILES string of the molecule is Cc1ccc2nc(NC(=O)COC(=O)Cn3cnc4c3c(=O)n(C)c(=O)n4C)sc2c1. The van der Waals surface area contributed by atoms with Gasteiger partial charge >= 0.3 is 11.7 Å². The van der Waals surface area contributed by atoms with Gasteiger partial charge in [0.1, 0.15) is 6.54 Å². The summed E-state index contributed by atoms with van der Waals surface area (Å²) in [6, 6.07) is 5.77. The summed E-state index contributed by atoms with van der Waals surface area (Å²) in [5.74, 6) is -1.26. The molecule has 0 spiro atoms. The fourth-order valence-electron chi connectivity index (χ4n) is 3.09. The number of anilines is 1. The Morgan fingerprint density at radius 2 is 1.97 bits per heavy atom. The number of ether oxygens (including phenoxy) is 1. The lowest BCUT2D eigenvalue weighted by molar-refractivity contribution is -0.147. The maximum atomic E-state index is 12.4. The van der Waals surface area contributed by atoms with Gasteiger partial charge in [-0.2, -0.15) is 0 Å². The number of esters is 1. The van der Waals surface area contributed by atoms with Gasteiger partial charge in [-0.25, -0.2) is 14.8 Å². The Bertz CT molecular complexity index is 1460. The quantitative estimate of drug-likeness (QED) is 0.446. The fourth-order valence-corrected chi connectivity index (χ4v) is 4.07. The van der Waals surface area contributed by atoms with E-state index in [2.05, 4.69) is 15.3 Å². The predicted molar refractivity (Wildman–Crippen MR) is 114 cm³/mol. The number of fused-ring (bicyclic) bond motifs is 2. The highest BCUT2D eigenvalue weighted by Crippen LogP contribution is 2.26. The van der Waals surface area contributed by atoms with Gasteiger partial charge in [0.05, 0.1) is 16.5 Å². The standard InChI is InChI=1S/C19H18N6O5S/c1-10-4-5-11-12(6-10)31-18(21-11)22-13(26)8-30-14(27)7-25-9-20-16-15(25)17(28)24(3)19(29)23(16)2/h4-6,9H,7-8H2,1-3H3,(H,21,22,26). The summed E-state index contributed by atoms with van der Waals surface area (Å²) in [4.78, 5) is 57.0. The lowest BCUT2D eigenvalue weighted by atomic mass is 10.2. The minimum Gasteiger partial charge on any atom is -0.454 e. The molecule has 0 aliphatic carbocycles. The molecule has 0 unspecified atom stereocenters. The van der Waals surface area contributed by atoms with E-state index in [1.165, 1.54) is 40.9 Å². The van der Waals surface area contributed by atoms with Crippen molar-refractivity contribution in [3.05, 3.63) is 50.9 Å². The average Bonchev–Trinajstić information content (AvgIpc) is 3.32. The summed E-state index contributed by atoms with van der Waals surface area (Å²) in [6.45, 7) is 1.13. The molecule has 12 heteroatoms. The van der Waals surface area contributed by atoms with Crippen LogP contribution in [0.2, 0.25) is 0 Å². The molecule has 0 atom stereocenters. The van der Waals surface area contributed by atoms with Crippen LogP contribution in [0, 0.1) is 6.92 Å². The first-order valence-corrected chi connectivity index (χ1v) is 10.00. The average molecular weight is 442 g/mol. The highest BCUT2D eigenvalue weighted by atomic mass is 32.1. The molecule has 1 N–H and O–H groups in total. The van der Waals surface area contributed by atoms with Crippen LogP contribution >= 0.6 is 11.3 Å². The van der Waals surface area contributed by atoms with E-state index in [0.717, 1.165) is 20.3 Å². The van der Waals surface area contributed by atoms with Crippen molar-refractivity contribution in [1.82, 2.24) is 23.7 Å². The van der Waals surface area contributed by atoms with Crippen molar-refractivity contribution in [3.63, 3.8) is 0 Å². The number of hydrogen-bond donors (Lipinski definition) is 1. The van der Waals surface area contributed by atoms with Crippen LogP contribution in [0.3, 0.4) is 0 Å². The van der Waals surface area contributed by atoms with Crippen molar-refractivity contribution in [3.8, 4) is 0 Å². The molecule has 3 heterocycles. The van der Waals surface area contributed by atoms with Gasteiger partial charge in [-0.15, -0.1) is 0 Å². The molecule has 0 bridgehead atoms. The zero-order valence-corrected chi connectivity index (χ0v) is 17.7. The van der Waals surface area contributed by atoms with Gasteiger partial charge in [-0.1, -0.05) is 17.4 Å². The maximum absolute atomic E-state index is 12.4. The molecule has 0 aliphatic rings. The number of nitrogens with one attached hydrogen (secondary N) is 1.